The van der Waals surface area contributed by atoms with Gasteiger partial charge < -0.3 is 53.0 Å². The summed E-state index contributed by atoms with van der Waals surface area (Å²) in [5.74, 6) is 0.322. The minimum absolute atomic E-state index is 0.197. The lowest BCUT2D eigenvalue weighted by atomic mass is 10.1. The Morgan fingerprint density at radius 1 is 0.675 bits per heavy atom. The van der Waals surface area contributed by atoms with E-state index in [1.165, 1.54) is 6.92 Å². The second-order valence-corrected chi connectivity index (χ2v) is 38.7. The Balaban J connectivity index is 0.000000186. The zero-order valence-corrected chi connectivity index (χ0v) is 51.8. The Hall–Kier alpha value is -4.13. The molecule has 432 valence electrons. The molecule has 5 fully saturated rings. The maximum Gasteiger partial charge on any atom is 0.301 e. The second kappa shape index (κ2) is 24.6. The Morgan fingerprint density at radius 2 is 1.10 bits per heavy atom. The molecular weight excluding hydrogens is 1190 g/mol. The van der Waals surface area contributed by atoms with Crippen LogP contribution in [0.4, 0.5) is 5.69 Å². The highest BCUT2D eigenvalue weighted by Crippen LogP contribution is 2.37. The summed E-state index contributed by atoms with van der Waals surface area (Å²) in [6.45, 7) is 19.0. The smallest absolute Gasteiger partial charge is 0.301 e. The molecule has 20 nitrogen and oxygen atoms in total. The number of halogens is 3. The number of anilines is 1. The number of amides is 1. The van der Waals surface area contributed by atoms with Crippen molar-refractivity contribution in [1.29, 1.82) is 0 Å². The van der Waals surface area contributed by atoms with Crippen LogP contribution in [0.1, 0.15) is 6.92 Å². The average molecular weight is 1260 g/mol. The molecule has 4 aromatic heterocycles. The first-order chi connectivity index (χ1) is 38.1. The molecule has 9 heterocycles. The van der Waals surface area contributed by atoms with Crippen LogP contribution in [0.3, 0.4) is 0 Å². The van der Waals surface area contributed by atoms with Crippen LogP contribution in [0.25, 0.3) is 44.8 Å². The number of aliphatic hydroxyl groups excluding tert-OH is 2. The molecule has 5 saturated heterocycles. The Labute approximate surface area is 486 Å². The van der Waals surface area contributed by atoms with Crippen LogP contribution in [0.2, 0.25) is 61.4 Å². The zero-order valence-electron chi connectivity index (χ0n) is 45.9. The number of benzene rings is 2. The molecule has 0 aliphatic carbocycles. The molecule has 0 radical (unpaired) electrons. The van der Waals surface area contributed by atoms with Gasteiger partial charge in [-0.1, -0.05) is 103 Å². The molecule has 8 atom stereocenters. The number of aliphatic hydroxyl groups is 2. The minimum Gasteiger partial charge on any atom is -0.456 e. The van der Waals surface area contributed by atoms with Gasteiger partial charge in [0.1, 0.15) is 61.1 Å². The number of hydrogen-bond acceptors (Lipinski definition) is 17. The van der Waals surface area contributed by atoms with Crippen LogP contribution in [0.5, 0.6) is 12.0 Å². The van der Waals surface area contributed by atoms with Crippen LogP contribution in [-0.4, -0.2) is 179 Å². The van der Waals surface area contributed by atoms with Crippen LogP contribution >= 0.6 is 39.1 Å². The first-order valence-electron chi connectivity index (χ1n) is 26.9. The third-order valence-corrected chi connectivity index (χ3v) is 21.2. The van der Waals surface area contributed by atoms with E-state index in [-0.39, 0.29) is 57.5 Å². The summed E-state index contributed by atoms with van der Waals surface area (Å²) in [6.07, 6.45) is -3.70. The maximum absolute atomic E-state index is 12.8. The van der Waals surface area contributed by atoms with Crippen LogP contribution < -0.4 is 14.4 Å². The van der Waals surface area contributed by atoms with Crippen molar-refractivity contribution in [2.45, 2.75) is 121 Å². The highest BCUT2D eigenvalue weighted by Gasteiger charge is 2.50. The molecule has 0 spiro atoms. The maximum atomic E-state index is 12.8. The lowest BCUT2D eigenvalue weighted by Gasteiger charge is -2.30. The normalized spacial score (nSPS) is 24.5. The third-order valence-electron chi connectivity index (χ3n) is 14.5. The van der Waals surface area contributed by atoms with Gasteiger partial charge in [-0.25, -0.2) is 14.2 Å². The monoisotopic (exact) mass is 1260 g/mol. The number of imidazole rings is 2. The van der Waals surface area contributed by atoms with E-state index in [1.807, 2.05) is 57.7 Å². The van der Waals surface area contributed by atoms with Crippen molar-refractivity contribution in [2.24, 2.45) is 4.36 Å². The van der Waals surface area contributed by atoms with Gasteiger partial charge in [0, 0.05) is 82.2 Å². The Bertz CT molecular complexity index is 3310. The van der Waals surface area contributed by atoms with Gasteiger partial charge in [0.05, 0.1) is 57.6 Å². The number of carbonyl (C=O) groups is 1. The van der Waals surface area contributed by atoms with Crippen molar-refractivity contribution in [3.05, 3.63) is 75.2 Å². The number of ether oxygens (including phenoxy) is 8. The Kier molecular flexibility index (Phi) is 18.2. The summed E-state index contributed by atoms with van der Waals surface area (Å²) in [5.41, 5.74) is 6.34. The Morgan fingerprint density at radius 3 is 1.52 bits per heavy atom. The fraction of sp³-hybridized carbons (Fsp3) is 0.537. The third kappa shape index (κ3) is 13.8. The van der Waals surface area contributed by atoms with Crippen LogP contribution in [-0.2, 0) is 56.4 Å². The summed E-state index contributed by atoms with van der Waals surface area (Å²) in [4.78, 5) is 32.8. The predicted octanol–water partition coefficient (Wildman–Crippen LogP) is 8.54. The van der Waals surface area contributed by atoms with E-state index in [9.17, 15) is 19.2 Å². The molecule has 80 heavy (non-hydrogen) atoms. The summed E-state index contributed by atoms with van der Waals surface area (Å²) < 4.78 is 69.1. The van der Waals surface area contributed by atoms with E-state index in [2.05, 4.69) is 69.5 Å². The quantitative estimate of drug-likeness (QED) is 0.0644. The molecule has 0 saturated carbocycles. The van der Waals surface area contributed by atoms with Gasteiger partial charge >= 0.3 is 12.0 Å². The molecular formula is C54H69BrCl2N8O12SSi2. The number of hydrogen-bond donors (Lipinski definition) is 2. The molecule has 0 unspecified atom stereocenters. The highest BCUT2D eigenvalue weighted by molar-refractivity contribution is 9.10. The van der Waals surface area contributed by atoms with Crippen molar-refractivity contribution in [1.82, 2.24) is 29.1 Å². The fourth-order valence-electron chi connectivity index (χ4n) is 10.00. The zero-order chi connectivity index (χ0) is 56.7. The molecule has 2 N–H and O–H groups in total. The number of rotatable bonds is 17. The number of fused-ring (bicyclic) bond motifs is 4. The first-order valence-corrected chi connectivity index (χ1v) is 37.7. The molecule has 5 aliphatic rings. The summed E-state index contributed by atoms with van der Waals surface area (Å²) >= 11 is 16.9. The lowest BCUT2D eigenvalue weighted by molar-refractivity contribution is -0.115. The molecule has 2 aromatic carbocycles. The van der Waals surface area contributed by atoms with E-state index in [0.717, 1.165) is 33.4 Å². The molecule has 26 heteroatoms. The largest absolute Gasteiger partial charge is 0.456 e. The van der Waals surface area contributed by atoms with Crippen molar-refractivity contribution >= 4 is 98.9 Å². The average Bonchev–Trinajstić information content (AvgIpc) is 4.33. The minimum atomic E-state index is -2.49. The molecule has 11 rings (SSSR count). The molecule has 0 bridgehead atoms. The lowest BCUT2D eigenvalue weighted by Crippen LogP contribution is -2.40. The standard InChI is InChI=1S/C30H40ClN5O7SSi.C24H29BrClN3O5Si/c1-19(37)34-44(39)12-9-35(10-13-44)21-7-5-20(6-8-21)26-22(31)15-23-29(33-26)36(18-40-11-14-45(2,3)4)30(32-23)43-25-17-42-27-24(38)16-41-28(25)27;1-35(2,3)9-8-31-13-29-23-17(10-16(26)20(28-23)14-4-6-15(25)7-5-14)27-24(29)34-19-12-33-21-18(30)11-32-22(19)21/h5-8,15,24-25,27-28,38H,9-14,16-18H2,1-4H3;4-7,10,18-19,21-22,30H,8-9,11-13H2,1-3H3/t24-,25-,27-,28-;18-,19-,21-,22-/m11/s1. The number of aromatic nitrogens is 6. The van der Waals surface area contributed by atoms with Gasteiger partial charge in [-0.15, -0.1) is 0 Å². The van der Waals surface area contributed by atoms with Crippen molar-refractivity contribution in [3.8, 4) is 34.5 Å². The van der Waals surface area contributed by atoms with E-state index < -0.39 is 56.4 Å². The van der Waals surface area contributed by atoms with Gasteiger partial charge in [-0.3, -0.25) is 13.9 Å². The SMILES string of the molecule is CC(=O)N=S1(=O)CCN(c2ccc(-c3nc4c(cc3Cl)nc(O[C@@H]3CO[C@H]5[C@@H]3OC[C@H]5O)n4COCC[Si](C)(C)C)cc2)CC1.C[Si](C)(C)CCOCn1c(O[C@@H]2CO[C@H]3[C@@H]2OC[C@H]3O)nc2cc(Cl)c(-c3ccc(Br)cc3)nc21. The van der Waals surface area contributed by atoms with E-state index in [0.29, 0.717) is 100 Å². The predicted molar refractivity (Wildman–Crippen MR) is 315 cm³/mol. The van der Waals surface area contributed by atoms with E-state index >= 15 is 0 Å². The van der Waals surface area contributed by atoms with Crippen molar-refractivity contribution in [3.63, 3.8) is 0 Å². The van der Waals surface area contributed by atoms with Crippen LogP contribution in [0.15, 0.2) is 69.5 Å². The second-order valence-electron chi connectivity index (χ2n) is 23.1. The molecule has 6 aromatic rings. The van der Waals surface area contributed by atoms with Crippen molar-refractivity contribution < 1.29 is 57.1 Å². The number of carbonyl (C=O) groups excluding carboxylic acids is 1. The van der Waals surface area contributed by atoms with Crippen molar-refractivity contribution in [2.75, 3.05) is 69.1 Å². The van der Waals surface area contributed by atoms with Crippen LogP contribution in [0, 0.1) is 0 Å². The van der Waals surface area contributed by atoms with E-state index in [4.69, 9.17) is 76.0 Å². The highest BCUT2D eigenvalue weighted by atomic mass is 79.9. The number of pyridine rings is 2. The van der Waals surface area contributed by atoms with Gasteiger partial charge in [-0.2, -0.15) is 14.3 Å². The molecule has 1 amide bonds. The van der Waals surface area contributed by atoms with Gasteiger partial charge in [-0.05, 0) is 48.5 Å². The van der Waals surface area contributed by atoms with Gasteiger partial charge in [0.15, 0.2) is 23.5 Å². The van der Waals surface area contributed by atoms with Gasteiger partial charge in [0.25, 0.3) is 5.91 Å². The summed E-state index contributed by atoms with van der Waals surface area (Å²) in [6, 6.07) is 22.1. The van der Waals surface area contributed by atoms with Gasteiger partial charge in [0.2, 0.25) is 0 Å². The topological polar surface area (TPSA) is 225 Å². The van der Waals surface area contributed by atoms with E-state index in [1.54, 1.807) is 12.1 Å². The summed E-state index contributed by atoms with van der Waals surface area (Å²) in [7, 11) is -5.02. The summed E-state index contributed by atoms with van der Waals surface area (Å²) in [5, 5.41) is 21.2. The first kappa shape index (κ1) is 59.0. The molecule has 5 aliphatic heterocycles. The fourth-order valence-corrected chi connectivity index (χ4v) is 14.2. The number of nitrogens with zero attached hydrogens (tertiary/aromatic N) is 8.